The summed E-state index contributed by atoms with van der Waals surface area (Å²) in [5.74, 6) is 0.734. The topological polar surface area (TPSA) is 58.6 Å². The molecule has 4 nitrogen and oxygen atoms in total. The third-order valence-corrected chi connectivity index (χ3v) is 3.01. The first-order valence-corrected chi connectivity index (χ1v) is 6.95. The second-order valence-corrected chi connectivity index (χ2v) is 5.83. The summed E-state index contributed by atoms with van der Waals surface area (Å²) in [6.07, 6.45) is 0.846. The van der Waals surface area contributed by atoms with Crippen molar-refractivity contribution in [3.8, 4) is 5.75 Å². The summed E-state index contributed by atoms with van der Waals surface area (Å²) in [5.41, 5.74) is 1.91. The molecule has 1 aromatic rings. The van der Waals surface area contributed by atoms with Gasteiger partial charge in [0.15, 0.2) is 0 Å². The number of carbonyl (C=O) groups excluding carboxylic acids is 1. The van der Waals surface area contributed by atoms with E-state index in [1.54, 1.807) is 0 Å². The smallest absolute Gasteiger partial charge is 0.223 e. The van der Waals surface area contributed by atoms with Crippen molar-refractivity contribution < 1.29 is 14.6 Å². The van der Waals surface area contributed by atoms with E-state index in [0.717, 1.165) is 16.9 Å². The number of carbonyl (C=O) groups is 1. The quantitative estimate of drug-likeness (QED) is 0.805. The zero-order chi connectivity index (χ0) is 15.2. The van der Waals surface area contributed by atoms with Crippen LogP contribution in [0.2, 0.25) is 0 Å². The molecule has 1 aromatic carbocycles. The lowest BCUT2D eigenvalue weighted by atomic mass is 10.0. The molecule has 4 heteroatoms. The van der Waals surface area contributed by atoms with Crippen LogP contribution in [-0.2, 0) is 4.79 Å². The van der Waals surface area contributed by atoms with Crippen LogP contribution in [0, 0.1) is 13.8 Å². The molecule has 2 N–H and O–H groups in total. The van der Waals surface area contributed by atoms with Gasteiger partial charge in [-0.05, 0) is 57.4 Å². The molecule has 0 atom stereocenters. The van der Waals surface area contributed by atoms with Gasteiger partial charge in [0.25, 0.3) is 0 Å². The molecule has 0 heterocycles. The summed E-state index contributed by atoms with van der Waals surface area (Å²) in [6, 6.07) is 6.00. The molecule has 0 spiro atoms. The highest BCUT2D eigenvalue weighted by molar-refractivity contribution is 5.76. The van der Waals surface area contributed by atoms with E-state index in [0.29, 0.717) is 19.4 Å². The molecule has 1 amide bonds. The number of ether oxygens (including phenoxy) is 1. The van der Waals surface area contributed by atoms with Crippen LogP contribution in [0.5, 0.6) is 5.75 Å². The Morgan fingerprint density at radius 1 is 1.25 bits per heavy atom. The lowest BCUT2D eigenvalue weighted by molar-refractivity contribution is -0.123. The van der Waals surface area contributed by atoms with Crippen molar-refractivity contribution in [3.05, 3.63) is 29.3 Å². The number of aryl methyl sites for hydroxylation is 2. The molecule has 0 aliphatic rings. The van der Waals surface area contributed by atoms with E-state index in [-0.39, 0.29) is 18.1 Å². The Morgan fingerprint density at radius 3 is 2.40 bits per heavy atom. The average Bonchev–Trinajstić information content (AvgIpc) is 2.26. The van der Waals surface area contributed by atoms with Gasteiger partial charge in [-0.15, -0.1) is 0 Å². The van der Waals surface area contributed by atoms with Gasteiger partial charge < -0.3 is 15.2 Å². The maximum atomic E-state index is 11.8. The summed E-state index contributed by atoms with van der Waals surface area (Å²) in [7, 11) is 0. The SMILES string of the molecule is Cc1cc(C)cc(OCCC(=O)NC(C)(C)CCO)c1. The van der Waals surface area contributed by atoms with Gasteiger partial charge >= 0.3 is 0 Å². The Morgan fingerprint density at radius 2 is 1.85 bits per heavy atom. The minimum Gasteiger partial charge on any atom is -0.493 e. The molecule has 20 heavy (non-hydrogen) atoms. The lowest BCUT2D eigenvalue weighted by Gasteiger charge is -2.25. The Bertz CT molecular complexity index is 435. The molecular weight excluding hydrogens is 254 g/mol. The summed E-state index contributed by atoms with van der Waals surface area (Å²) < 4.78 is 5.60. The lowest BCUT2D eigenvalue weighted by Crippen LogP contribution is -2.44. The van der Waals surface area contributed by atoms with E-state index in [1.807, 2.05) is 39.8 Å². The van der Waals surface area contributed by atoms with E-state index in [9.17, 15) is 4.79 Å². The third kappa shape index (κ3) is 6.06. The second kappa shape index (κ2) is 7.29. The molecule has 0 unspecified atom stereocenters. The number of benzene rings is 1. The predicted molar refractivity (Wildman–Crippen MR) is 80.0 cm³/mol. The first kappa shape index (κ1) is 16.5. The van der Waals surface area contributed by atoms with E-state index >= 15 is 0 Å². The minimum absolute atomic E-state index is 0.0619. The van der Waals surface area contributed by atoms with Gasteiger partial charge in [-0.3, -0.25) is 4.79 Å². The van der Waals surface area contributed by atoms with Gasteiger partial charge in [-0.1, -0.05) is 6.07 Å². The first-order valence-electron chi connectivity index (χ1n) is 6.95. The van der Waals surface area contributed by atoms with Gasteiger partial charge in [-0.25, -0.2) is 0 Å². The molecule has 0 saturated carbocycles. The minimum atomic E-state index is -0.383. The Kier molecular flexibility index (Phi) is 6.02. The molecule has 0 aliphatic heterocycles. The largest absolute Gasteiger partial charge is 0.493 e. The maximum Gasteiger partial charge on any atom is 0.223 e. The summed E-state index contributed by atoms with van der Waals surface area (Å²) >= 11 is 0. The van der Waals surface area contributed by atoms with Crippen molar-refractivity contribution >= 4 is 5.91 Å². The van der Waals surface area contributed by atoms with Gasteiger partial charge in [0, 0.05) is 12.1 Å². The molecule has 112 valence electrons. The van der Waals surface area contributed by atoms with E-state index in [4.69, 9.17) is 9.84 Å². The zero-order valence-corrected chi connectivity index (χ0v) is 12.8. The van der Waals surface area contributed by atoms with Crippen molar-refractivity contribution in [3.63, 3.8) is 0 Å². The van der Waals surface area contributed by atoms with Crippen molar-refractivity contribution in [2.24, 2.45) is 0 Å². The fourth-order valence-electron chi connectivity index (χ4n) is 2.06. The molecule has 0 bridgehead atoms. The van der Waals surface area contributed by atoms with Gasteiger partial charge in [0.1, 0.15) is 5.75 Å². The van der Waals surface area contributed by atoms with Gasteiger partial charge in [-0.2, -0.15) is 0 Å². The van der Waals surface area contributed by atoms with E-state index < -0.39 is 0 Å². The normalized spacial score (nSPS) is 11.2. The second-order valence-electron chi connectivity index (χ2n) is 5.83. The first-order chi connectivity index (χ1) is 9.32. The van der Waals surface area contributed by atoms with Crippen molar-refractivity contribution in [1.82, 2.24) is 5.32 Å². The fraction of sp³-hybridized carbons (Fsp3) is 0.562. The van der Waals surface area contributed by atoms with Crippen LogP contribution < -0.4 is 10.1 Å². The van der Waals surface area contributed by atoms with Crippen molar-refractivity contribution in [2.45, 2.75) is 46.1 Å². The maximum absolute atomic E-state index is 11.8. The molecule has 1 rings (SSSR count). The number of aliphatic hydroxyl groups excluding tert-OH is 1. The Hall–Kier alpha value is -1.55. The van der Waals surface area contributed by atoms with E-state index in [1.165, 1.54) is 0 Å². The van der Waals surface area contributed by atoms with Crippen LogP contribution in [0.15, 0.2) is 18.2 Å². The van der Waals surface area contributed by atoms with Gasteiger partial charge in [0.05, 0.1) is 13.0 Å². The van der Waals surface area contributed by atoms with Crippen LogP contribution in [0.3, 0.4) is 0 Å². The number of hydrogen-bond acceptors (Lipinski definition) is 3. The zero-order valence-electron chi connectivity index (χ0n) is 12.8. The number of rotatable bonds is 7. The molecule has 0 saturated heterocycles. The Labute approximate surface area is 121 Å². The van der Waals surface area contributed by atoms with E-state index in [2.05, 4.69) is 11.4 Å². The fourth-order valence-corrected chi connectivity index (χ4v) is 2.06. The van der Waals surface area contributed by atoms with Crippen LogP contribution in [0.1, 0.15) is 37.8 Å². The van der Waals surface area contributed by atoms with Gasteiger partial charge in [0.2, 0.25) is 5.91 Å². The van der Waals surface area contributed by atoms with Crippen LogP contribution >= 0.6 is 0 Å². The highest BCUT2D eigenvalue weighted by Gasteiger charge is 2.19. The Balaban J connectivity index is 2.38. The van der Waals surface area contributed by atoms with Crippen molar-refractivity contribution in [1.29, 1.82) is 0 Å². The molecule has 0 aliphatic carbocycles. The molecule has 0 aromatic heterocycles. The summed E-state index contributed by atoms with van der Waals surface area (Å²) in [5, 5.41) is 11.8. The monoisotopic (exact) mass is 279 g/mol. The van der Waals surface area contributed by atoms with Crippen molar-refractivity contribution in [2.75, 3.05) is 13.2 Å². The number of aliphatic hydroxyl groups is 1. The number of nitrogens with one attached hydrogen (secondary N) is 1. The number of hydrogen-bond donors (Lipinski definition) is 2. The average molecular weight is 279 g/mol. The molecular formula is C16H25NO3. The number of amides is 1. The van der Waals surface area contributed by atoms with Crippen LogP contribution in [0.25, 0.3) is 0 Å². The molecule has 0 radical (unpaired) electrons. The van der Waals surface area contributed by atoms with Crippen LogP contribution in [-0.4, -0.2) is 29.8 Å². The highest BCUT2D eigenvalue weighted by atomic mass is 16.5. The standard InChI is InChI=1S/C16H25NO3/c1-12-9-13(2)11-14(10-12)20-8-5-15(19)17-16(3,4)6-7-18/h9-11,18H,5-8H2,1-4H3,(H,17,19). The van der Waals surface area contributed by atoms with Crippen LogP contribution in [0.4, 0.5) is 0 Å². The summed E-state index contributed by atoms with van der Waals surface area (Å²) in [6.45, 7) is 8.24. The predicted octanol–water partition coefficient (Wildman–Crippen LogP) is 2.35. The highest BCUT2D eigenvalue weighted by Crippen LogP contribution is 2.16. The molecule has 0 fully saturated rings. The third-order valence-electron chi connectivity index (χ3n) is 3.01. The summed E-state index contributed by atoms with van der Waals surface area (Å²) in [4.78, 5) is 11.8.